The minimum atomic E-state index is 0.153. The zero-order chi connectivity index (χ0) is 13.3. The van der Waals surface area contributed by atoms with E-state index in [1.165, 1.54) is 12.8 Å². The summed E-state index contributed by atoms with van der Waals surface area (Å²) in [6.45, 7) is 9.28. The molecule has 0 aliphatic carbocycles. The van der Waals surface area contributed by atoms with Crippen molar-refractivity contribution in [1.82, 2.24) is 5.32 Å². The van der Waals surface area contributed by atoms with Crippen LogP contribution in [0.3, 0.4) is 0 Å². The summed E-state index contributed by atoms with van der Waals surface area (Å²) in [6.07, 6.45) is 3.58. The second-order valence-electron chi connectivity index (χ2n) is 5.38. The molecule has 0 amide bonds. The van der Waals surface area contributed by atoms with Gasteiger partial charge < -0.3 is 16.2 Å². The molecule has 0 fully saturated rings. The lowest BCUT2D eigenvalue weighted by Gasteiger charge is -2.15. The molecule has 0 saturated carbocycles. The monoisotopic (exact) mass is 243 g/mol. The number of nitrogens with zero attached hydrogens (tertiary/aromatic N) is 1. The zero-order valence-electron chi connectivity index (χ0n) is 11.7. The molecule has 102 valence electrons. The van der Waals surface area contributed by atoms with E-state index in [1.54, 1.807) is 0 Å². The number of aliphatic hydroxyl groups is 1. The maximum Gasteiger partial charge on any atom is 0.188 e. The maximum atomic E-state index is 8.87. The van der Waals surface area contributed by atoms with Crippen molar-refractivity contribution < 1.29 is 5.11 Å². The lowest BCUT2D eigenvalue weighted by atomic mass is 10.0. The summed E-state index contributed by atoms with van der Waals surface area (Å²) in [7, 11) is 0. The van der Waals surface area contributed by atoms with Gasteiger partial charge in [-0.15, -0.1) is 0 Å². The fourth-order valence-electron chi connectivity index (χ4n) is 1.51. The predicted molar refractivity (Wildman–Crippen MR) is 74.0 cm³/mol. The first-order chi connectivity index (χ1) is 7.95. The van der Waals surface area contributed by atoms with Crippen LogP contribution in [0.25, 0.3) is 0 Å². The van der Waals surface area contributed by atoms with Crippen molar-refractivity contribution in [3.05, 3.63) is 0 Å². The number of nitrogens with one attached hydrogen (secondary N) is 1. The van der Waals surface area contributed by atoms with Crippen molar-refractivity contribution >= 4 is 5.96 Å². The summed E-state index contributed by atoms with van der Waals surface area (Å²) in [4.78, 5) is 4.20. The normalized spacial score (nSPS) is 16.0. The van der Waals surface area contributed by atoms with E-state index >= 15 is 0 Å². The van der Waals surface area contributed by atoms with Gasteiger partial charge in [0.2, 0.25) is 0 Å². The van der Waals surface area contributed by atoms with Crippen LogP contribution >= 0.6 is 0 Å². The molecule has 0 aromatic rings. The summed E-state index contributed by atoms with van der Waals surface area (Å²) in [6, 6.07) is 0.363. The van der Waals surface area contributed by atoms with E-state index in [9.17, 15) is 0 Å². The van der Waals surface area contributed by atoms with E-state index in [-0.39, 0.29) is 12.5 Å². The molecular formula is C13H29N3O. The first kappa shape index (κ1) is 16.2. The van der Waals surface area contributed by atoms with Gasteiger partial charge in [-0.2, -0.15) is 0 Å². The molecule has 0 heterocycles. The molecular weight excluding hydrogens is 214 g/mol. The Morgan fingerprint density at radius 1 is 1.24 bits per heavy atom. The molecule has 0 aliphatic heterocycles. The highest BCUT2D eigenvalue weighted by atomic mass is 16.3. The van der Waals surface area contributed by atoms with Gasteiger partial charge in [-0.1, -0.05) is 33.6 Å². The smallest absolute Gasteiger partial charge is 0.188 e. The summed E-state index contributed by atoms with van der Waals surface area (Å²) in [5.41, 5.74) is 5.77. The third-order valence-corrected chi connectivity index (χ3v) is 2.70. The highest BCUT2D eigenvalue weighted by molar-refractivity contribution is 5.78. The standard InChI is InChI=1S/C13H29N3O/c1-10(2)6-5-7-12(4)16-13(14)15-8-11(3)9-17/h10-12,17H,5-9H2,1-4H3,(H3,14,15,16). The Balaban J connectivity index is 3.74. The first-order valence-electron chi connectivity index (χ1n) is 6.63. The van der Waals surface area contributed by atoms with Crippen molar-refractivity contribution in [1.29, 1.82) is 0 Å². The van der Waals surface area contributed by atoms with E-state index < -0.39 is 0 Å². The van der Waals surface area contributed by atoms with E-state index in [0.29, 0.717) is 18.5 Å². The van der Waals surface area contributed by atoms with Crippen molar-refractivity contribution in [2.75, 3.05) is 13.2 Å². The number of guanidine groups is 1. The topological polar surface area (TPSA) is 70.6 Å². The van der Waals surface area contributed by atoms with E-state index in [1.807, 2.05) is 6.92 Å². The molecule has 0 spiro atoms. The Morgan fingerprint density at radius 2 is 1.88 bits per heavy atom. The average Bonchev–Trinajstić information content (AvgIpc) is 2.25. The van der Waals surface area contributed by atoms with E-state index in [2.05, 4.69) is 31.1 Å². The minimum absolute atomic E-state index is 0.153. The van der Waals surface area contributed by atoms with Crippen LogP contribution in [0.4, 0.5) is 0 Å². The SMILES string of the molecule is CC(C)CCCC(C)NC(N)=NCC(C)CO. The van der Waals surface area contributed by atoms with Crippen LogP contribution in [0, 0.1) is 11.8 Å². The van der Waals surface area contributed by atoms with Crippen molar-refractivity contribution in [3.63, 3.8) is 0 Å². The second kappa shape index (κ2) is 9.28. The Labute approximate surface area is 106 Å². The molecule has 2 unspecified atom stereocenters. The van der Waals surface area contributed by atoms with Crippen molar-refractivity contribution in [2.45, 2.75) is 53.0 Å². The predicted octanol–water partition coefficient (Wildman–Crippen LogP) is 1.73. The molecule has 0 bridgehead atoms. The molecule has 4 nitrogen and oxygen atoms in total. The zero-order valence-corrected chi connectivity index (χ0v) is 11.7. The Kier molecular flexibility index (Phi) is 8.86. The fraction of sp³-hybridized carbons (Fsp3) is 0.923. The molecule has 0 rings (SSSR count). The molecule has 4 N–H and O–H groups in total. The van der Waals surface area contributed by atoms with Gasteiger partial charge in [0, 0.05) is 19.2 Å². The Bertz CT molecular complexity index is 217. The number of aliphatic hydroxyl groups excluding tert-OH is 1. The molecule has 0 radical (unpaired) electrons. The number of aliphatic imine (C=N–C) groups is 1. The summed E-state index contributed by atoms with van der Waals surface area (Å²) in [5.74, 6) is 1.42. The molecule has 0 aliphatic rings. The highest BCUT2D eigenvalue weighted by Gasteiger charge is 2.04. The lowest BCUT2D eigenvalue weighted by molar-refractivity contribution is 0.241. The molecule has 4 heteroatoms. The van der Waals surface area contributed by atoms with E-state index in [0.717, 1.165) is 12.3 Å². The van der Waals surface area contributed by atoms with Gasteiger partial charge >= 0.3 is 0 Å². The van der Waals surface area contributed by atoms with Crippen LogP contribution in [0.1, 0.15) is 47.0 Å². The Hall–Kier alpha value is -0.770. The number of hydrogen-bond donors (Lipinski definition) is 3. The third-order valence-electron chi connectivity index (χ3n) is 2.70. The van der Waals surface area contributed by atoms with Crippen molar-refractivity contribution in [2.24, 2.45) is 22.6 Å². The van der Waals surface area contributed by atoms with Gasteiger partial charge in [0.05, 0.1) is 0 Å². The van der Waals surface area contributed by atoms with E-state index in [4.69, 9.17) is 10.8 Å². The van der Waals surface area contributed by atoms with Gasteiger partial charge in [0.25, 0.3) is 0 Å². The molecule has 2 atom stereocenters. The number of rotatable bonds is 8. The van der Waals surface area contributed by atoms with Crippen molar-refractivity contribution in [3.8, 4) is 0 Å². The van der Waals surface area contributed by atoms with Crippen LogP contribution in [0.15, 0.2) is 4.99 Å². The Morgan fingerprint density at radius 3 is 2.41 bits per heavy atom. The van der Waals surface area contributed by atoms with Gasteiger partial charge in [-0.3, -0.25) is 4.99 Å². The van der Waals surface area contributed by atoms with Crippen LogP contribution in [0.2, 0.25) is 0 Å². The summed E-state index contributed by atoms with van der Waals surface area (Å²) >= 11 is 0. The molecule has 0 aromatic heterocycles. The van der Waals surface area contributed by atoms with Crippen LogP contribution < -0.4 is 11.1 Å². The van der Waals surface area contributed by atoms with Crippen LogP contribution in [-0.2, 0) is 0 Å². The number of nitrogens with two attached hydrogens (primary N) is 1. The number of hydrogen-bond acceptors (Lipinski definition) is 2. The van der Waals surface area contributed by atoms with Crippen LogP contribution in [0.5, 0.6) is 0 Å². The second-order valence-corrected chi connectivity index (χ2v) is 5.38. The van der Waals surface area contributed by atoms with Gasteiger partial charge in [-0.25, -0.2) is 0 Å². The van der Waals surface area contributed by atoms with Crippen LogP contribution in [-0.4, -0.2) is 30.3 Å². The summed E-state index contributed by atoms with van der Waals surface area (Å²) < 4.78 is 0. The first-order valence-corrected chi connectivity index (χ1v) is 6.63. The molecule has 0 saturated heterocycles. The average molecular weight is 243 g/mol. The molecule has 0 aromatic carbocycles. The maximum absolute atomic E-state index is 8.87. The molecule has 17 heavy (non-hydrogen) atoms. The minimum Gasteiger partial charge on any atom is -0.396 e. The quantitative estimate of drug-likeness (QED) is 0.449. The highest BCUT2D eigenvalue weighted by Crippen LogP contribution is 2.07. The lowest BCUT2D eigenvalue weighted by Crippen LogP contribution is -2.38. The van der Waals surface area contributed by atoms with Gasteiger partial charge in [-0.05, 0) is 25.2 Å². The van der Waals surface area contributed by atoms with Gasteiger partial charge in [0.15, 0.2) is 5.96 Å². The largest absolute Gasteiger partial charge is 0.396 e. The fourth-order valence-corrected chi connectivity index (χ4v) is 1.51. The summed E-state index contributed by atoms with van der Waals surface area (Å²) in [5, 5.41) is 12.0. The third kappa shape index (κ3) is 10.1. The van der Waals surface area contributed by atoms with Gasteiger partial charge in [0.1, 0.15) is 0 Å².